The van der Waals surface area contributed by atoms with Crippen molar-refractivity contribution in [3.05, 3.63) is 22.8 Å². The molecule has 0 aromatic rings. The minimum absolute atomic E-state index is 0.0454. The first-order valence-electron chi connectivity index (χ1n) is 10.5. The van der Waals surface area contributed by atoms with Crippen LogP contribution in [0.2, 0.25) is 0 Å². The molecule has 0 spiro atoms. The molecule has 2 fully saturated rings. The maximum Gasteiger partial charge on any atom is 0.456 e. The minimum atomic E-state index is -5.78. The van der Waals surface area contributed by atoms with Crippen molar-refractivity contribution >= 4 is 5.78 Å². The van der Waals surface area contributed by atoms with E-state index in [-0.39, 0.29) is 36.9 Å². The van der Waals surface area contributed by atoms with Crippen LogP contribution < -0.4 is 0 Å². The summed E-state index contributed by atoms with van der Waals surface area (Å²) in [7, 11) is 0. The van der Waals surface area contributed by atoms with Gasteiger partial charge in [-0.3, -0.25) is 4.79 Å². The van der Waals surface area contributed by atoms with Gasteiger partial charge in [-0.05, 0) is 79.9 Å². The first kappa shape index (κ1) is 21.0. The molecular weight excluding hydrogens is 391 g/mol. The van der Waals surface area contributed by atoms with Gasteiger partial charge in [0.2, 0.25) is 0 Å². The van der Waals surface area contributed by atoms with Gasteiger partial charge < -0.3 is 5.11 Å². The molecule has 2 saturated carbocycles. The maximum absolute atomic E-state index is 14.6. The number of hydrogen-bond acceptors (Lipinski definition) is 2. The van der Waals surface area contributed by atoms with Gasteiger partial charge in [0.15, 0.2) is 5.78 Å². The number of carbonyl (C=O) groups excluding carboxylic acids is 1. The Kier molecular flexibility index (Phi) is 4.62. The smallest absolute Gasteiger partial charge is 0.383 e. The molecule has 0 amide bonds. The maximum atomic E-state index is 14.6. The van der Waals surface area contributed by atoms with Crippen molar-refractivity contribution in [3.8, 4) is 0 Å². The summed E-state index contributed by atoms with van der Waals surface area (Å²) in [5.41, 5.74) is -1.27. The van der Waals surface area contributed by atoms with Gasteiger partial charge in [-0.1, -0.05) is 19.4 Å². The van der Waals surface area contributed by atoms with E-state index in [9.17, 15) is 31.9 Å². The normalized spacial score (nSPS) is 40.3. The third-order valence-corrected chi connectivity index (χ3v) is 8.42. The molecule has 4 aliphatic rings. The predicted octanol–water partition coefficient (Wildman–Crippen LogP) is 5.76. The highest BCUT2D eigenvalue weighted by Gasteiger charge is 2.79. The monoisotopic (exact) mass is 418 g/mol. The average Bonchev–Trinajstić information content (AvgIpc) is 2.95. The van der Waals surface area contributed by atoms with Gasteiger partial charge in [-0.2, -0.15) is 22.0 Å². The molecule has 4 aliphatic carbocycles. The molecule has 0 heterocycles. The molecule has 0 bridgehead atoms. The molecule has 0 radical (unpaired) electrons. The Labute approximate surface area is 167 Å². The van der Waals surface area contributed by atoms with E-state index < -0.39 is 35.5 Å². The third kappa shape index (κ3) is 2.58. The van der Waals surface area contributed by atoms with Gasteiger partial charge in [0.1, 0.15) is 5.60 Å². The standard InChI is InChI=1S/C22H27F5O2/c1-3-19-8-6-16-15-5-4-14(28)11-13(15)10-12(2)18(16)17(19)7-9-20(19,29)21(23,24)22(25,26)27/h11-12,17-18,29H,3-10H2,1-2H3/t12?,17-,18+,19?,20?/m0/s1. The van der Waals surface area contributed by atoms with E-state index >= 15 is 0 Å². The second-order valence-corrected chi connectivity index (χ2v) is 9.43. The van der Waals surface area contributed by atoms with Gasteiger partial charge in [-0.15, -0.1) is 0 Å². The van der Waals surface area contributed by atoms with E-state index in [2.05, 4.69) is 0 Å². The van der Waals surface area contributed by atoms with Gasteiger partial charge in [0, 0.05) is 11.8 Å². The van der Waals surface area contributed by atoms with Gasteiger partial charge in [-0.25, -0.2) is 0 Å². The number of carbonyl (C=O) groups is 1. The number of fused-ring (bicyclic) bond motifs is 4. The third-order valence-electron chi connectivity index (χ3n) is 8.42. The van der Waals surface area contributed by atoms with E-state index in [1.54, 1.807) is 13.0 Å². The summed E-state index contributed by atoms with van der Waals surface area (Å²) in [5.74, 6) is -5.52. The van der Waals surface area contributed by atoms with E-state index in [1.165, 1.54) is 0 Å². The Hall–Kier alpha value is -1.24. The van der Waals surface area contributed by atoms with Crippen LogP contribution in [0, 0.1) is 23.2 Å². The number of ketones is 1. The minimum Gasteiger partial charge on any atom is -0.383 e. The van der Waals surface area contributed by atoms with E-state index in [0.717, 1.165) is 16.7 Å². The molecule has 0 aliphatic heterocycles. The number of allylic oxidation sites excluding steroid dienone is 4. The fourth-order valence-corrected chi connectivity index (χ4v) is 7.19. The van der Waals surface area contributed by atoms with Crippen LogP contribution in [0.5, 0.6) is 0 Å². The van der Waals surface area contributed by atoms with Gasteiger partial charge >= 0.3 is 12.1 Å². The summed E-state index contributed by atoms with van der Waals surface area (Å²) in [6, 6.07) is 0. The number of aliphatic hydroxyl groups is 1. The first-order valence-corrected chi connectivity index (χ1v) is 10.5. The fraction of sp³-hybridized carbons (Fsp3) is 0.773. The molecule has 0 saturated heterocycles. The molecule has 1 N–H and O–H groups in total. The molecule has 5 atom stereocenters. The van der Waals surface area contributed by atoms with Crippen molar-refractivity contribution in [1.29, 1.82) is 0 Å². The lowest BCUT2D eigenvalue weighted by molar-refractivity contribution is -0.364. The number of halogens is 5. The highest BCUT2D eigenvalue weighted by Crippen LogP contribution is 2.70. The molecule has 0 aromatic heterocycles. The lowest BCUT2D eigenvalue weighted by Crippen LogP contribution is -2.65. The van der Waals surface area contributed by atoms with Crippen molar-refractivity contribution < 1.29 is 31.9 Å². The van der Waals surface area contributed by atoms with Crippen LogP contribution in [-0.4, -0.2) is 28.6 Å². The Bertz CT molecular complexity index is 796. The Morgan fingerprint density at radius 1 is 1.14 bits per heavy atom. The SMILES string of the molecule is CCC12CCC3=C4CCC(=O)C=C4CC(C)[C@H]3[C@@H]1CCC2(O)C(F)(F)C(F)(F)F. The van der Waals surface area contributed by atoms with Crippen molar-refractivity contribution in [2.45, 2.75) is 82.9 Å². The predicted molar refractivity (Wildman–Crippen MR) is 97.3 cm³/mol. The van der Waals surface area contributed by atoms with Crippen molar-refractivity contribution in [1.82, 2.24) is 0 Å². The van der Waals surface area contributed by atoms with E-state index in [0.29, 0.717) is 25.7 Å². The molecule has 162 valence electrons. The highest BCUT2D eigenvalue weighted by molar-refractivity contribution is 5.93. The summed E-state index contributed by atoms with van der Waals surface area (Å²) >= 11 is 0. The number of rotatable bonds is 2. The zero-order chi connectivity index (χ0) is 21.4. The largest absolute Gasteiger partial charge is 0.456 e. The summed E-state index contributed by atoms with van der Waals surface area (Å²) in [6.07, 6.45) is -2.16. The van der Waals surface area contributed by atoms with Gasteiger partial charge in [0.05, 0.1) is 0 Å². The molecule has 7 heteroatoms. The first-order chi connectivity index (χ1) is 13.4. The van der Waals surface area contributed by atoms with Crippen LogP contribution in [0.25, 0.3) is 0 Å². The van der Waals surface area contributed by atoms with E-state index in [1.807, 2.05) is 6.92 Å². The van der Waals surface area contributed by atoms with Crippen LogP contribution in [0.4, 0.5) is 22.0 Å². The molecule has 4 rings (SSSR count). The summed E-state index contributed by atoms with van der Waals surface area (Å²) in [4.78, 5) is 11.8. The molecule has 29 heavy (non-hydrogen) atoms. The van der Waals surface area contributed by atoms with Crippen LogP contribution >= 0.6 is 0 Å². The number of hydrogen-bond donors (Lipinski definition) is 1. The second kappa shape index (κ2) is 6.38. The van der Waals surface area contributed by atoms with Gasteiger partial charge in [0.25, 0.3) is 0 Å². The summed E-state index contributed by atoms with van der Waals surface area (Å²) in [5, 5.41) is 11.0. The zero-order valence-corrected chi connectivity index (χ0v) is 16.7. The second-order valence-electron chi connectivity index (χ2n) is 9.43. The Balaban J connectivity index is 1.81. The van der Waals surface area contributed by atoms with Crippen LogP contribution in [-0.2, 0) is 4.79 Å². The highest BCUT2D eigenvalue weighted by atomic mass is 19.4. The lowest BCUT2D eigenvalue weighted by Gasteiger charge is -2.56. The van der Waals surface area contributed by atoms with Crippen molar-refractivity contribution in [3.63, 3.8) is 0 Å². The molecule has 3 unspecified atom stereocenters. The van der Waals surface area contributed by atoms with Crippen LogP contribution in [0.1, 0.15) is 65.2 Å². The van der Waals surface area contributed by atoms with Crippen LogP contribution in [0.15, 0.2) is 22.8 Å². The summed E-state index contributed by atoms with van der Waals surface area (Å²) in [6.45, 7) is 3.62. The topological polar surface area (TPSA) is 37.3 Å². The average molecular weight is 418 g/mol. The Morgan fingerprint density at radius 2 is 1.83 bits per heavy atom. The van der Waals surface area contributed by atoms with E-state index in [4.69, 9.17) is 0 Å². The molecule has 0 aromatic carbocycles. The Morgan fingerprint density at radius 3 is 2.45 bits per heavy atom. The lowest BCUT2D eigenvalue weighted by atomic mass is 9.50. The molecule has 2 nitrogen and oxygen atoms in total. The quantitative estimate of drug-likeness (QED) is 0.579. The number of alkyl halides is 5. The fourth-order valence-electron chi connectivity index (χ4n) is 7.19. The zero-order valence-electron chi connectivity index (χ0n) is 16.7. The molecular formula is C22H27F5O2. The van der Waals surface area contributed by atoms with Crippen molar-refractivity contribution in [2.24, 2.45) is 23.2 Å². The van der Waals surface area contributed by atoms with Crippen molar-refractivity contribution in [2.75, 3.05) is 0 Å². The van der Waals surface area contributed by atoms with Crippen LogP contribution in [0.3, 0.4) is 0 Å². The summed E-state index contributed by atoms with van der Waals surface area (Å²) < 4.78 is 69.2.